The maximum absolute atomic E-state index is 6.27. The summed E-state index contributed by atoms with van der Waals surface area (Å²) in [5.74, 6) is 0. The maximum Gasteiger partial charge on any atom is 0.0958 e. The molecule has 108 valence electrons. The van der Waals surface area contributed by atoms with Crippen LogP contribution in [0.2, 0.25) is 0 Å². The highest BCUT2D eigenvalue weighted by atomic mass is 15.1. The monoisotopic (exact) mass is 280 g/mol. The van der Waals surface area contributed by atoms with Crippen LogP contribution < -0.4 is 5.73 Å². The Bertz CT molecular complexity index is 715. The van der Waals surface area contributed by atoms with E-state index in [1.165, 1.54) is 5.56 Å². The molecule has 4 heteroatoms. The summed E-state index contributed by atoms with van der Waals surface area (Å²) in [6.45, 7) is 2.88. The van der Waals surface area contributed by atoms with Crippen molar-refractivity contribution in [2.75, 3.05) is 0 Å². The maximum atomic E-state index is 6.27. The van der Waals surface area contributed by atoms with Crippen LogP contribution in [0.1, 0.15) is 18.2 Å². The summed E-state index contributed by atoms with van der Waals surface area (Å²) in [7, 11) is 0. The lowest BCUT2D eigenvalue weighted by molar-refractivity contribution is 0.554. The molecule has 2 heterocycles. The van der Waals surface area contributed by atoms with Crippen molar-refractivity contribution in [3.05, 3.63) is 60.2 Å². The summed E-state index contributed by atoms with van der Waals surface area (Å²) in [6.07, 6.45) is 5.59. The fourth-order valence-electron chi connectivity index (χ4n) is 2.53. The molecule has 0 bridgehead atoms. The van der Waals surface area contributed by atoms with Crippen LogP contribution in [-0.4, -0.2) is 20.6 Å². The molecule has 0 saturated heterocycles. The van der Waals surface area contributed by atoms with Crippen molar-refractivity contribution < 1.29 is 0 Å². The first-order valence-electron chi connectivity index (χ1n) is 7.35. The first-order chi connectivity index (χ1) is 10.3. The van der Waals surface area contributed by atoms with E-state index < -0.39 is 0 Å². The largest absolute Gasteiger partial charge is 0.329 e. The lowest BCUT2D eigenvalue weighted by Crippen LogP contribution is -2.28. The van der Waals surface area contributed by atoms with Crippen LogP contribution in [0.4, 0.5) is 0 Å². The van der Waals surface area contributed by atoms with Crippen molar-refractivity contribution in [2.45, 2.75) is 32.4 Å². The van der Waals surface area contributed by atoms with Gasteiger partial charge in [-0.15, -0.1) is 0 Å². The molecule has 0 fully saturated rings. The third-order valence-corrected chi connectivity index (χ3v) is 3.72. The molecule has 1 unspecified atom stereocenters. The Morgan fingerprint density at radius 3 is 2.76 bits per heavy atom. The van der Waals surface area contributed by atoms with Gasteiger partial charge in [0.2, 0.25) is 0 Å². The summed E-state index contributed by atoms with van der Waals surface area (Å²) in [6, 6.07) is 12.3. The molecule has 0 aliphatic heterocycles. The first kappa shape index (κ1) is 13.8. The van der Waals surface area contributed by atoms with Gasteiger partial charge in [0.25, 0.3) is 0 Å². The molecule has 0 radical (unpaired) electrons. The number of hydrogen-bond acceptors (Lipinski definition) is 3. The van der Waals surface area contributed by atoms with Crippen LogP contribution in [0.15, 0.2) is 48.9 Å². The van der Waals surface area contributed by atoms with Gasteiger partial charge in [-0.05, 0) is 30.2 Å². The van der Waals surface area contributed by atoms with Crippen molar-refractivity contribution in [3.8, 4) is 0 Å². The standard InChI is InChI=1S/C17H20N4/c1-2-13-7-8-15(19-10-13)9-14(18)11-21-12-20-16-5-3-4-6-17(16)21/h3-8,10,12,14H,2,9,11,18H2,1H3. The van der Waals surface area contributed by atoms with Crippen molar-refractivity contribution >= 4 is 11.0 Å². The Morgan fingerprint density at radius 2 is 2.00 bits per heavy atom. The second kappa shape index (κ2) is 6.06. The molecule has 0 spiro atoms. The van der Waals surface area contributed by atoms with Gasteiger partial charge in [0, 0.05) is 30.9 Å². The molecule has 2 aromatic heterocycles. The van der Waals surface area contributed by atoms with Crippen LogP contribution in [-0.2, 0) is 19.4 Å². The van der Waals surface area contributed by atoms with Crippen LogP contribution in [0.5, 0.6) is 0 Å². The summed E-state index contributed by atoms with van der Waals surface area (Å²) in [4.78, 5) is 8.87. The van der Waals surface area contributed by atoms with Gasteiger partial charge in [0.05, 0.1) is 17.4 Å². The molecule has 3 rings (SSSR count). The van der Waals surface area contributed by atoms with E-state index in [0.29, 0.717) is 0 Å². The van der Waals surface area contributed by atoms with Crippen molar-refractivity contribution in [1.29, 1.82) is 0 Å². The molecule has 4 nitrogen and oxygen atoms in total. The zero-order valence-corrected chi connectivity index (χ0v) is 12.2. The van der Waals surface area contributed by atoms with Gasteiger partial charge in [-0.2, -0.15) is 0 Å². The second-order valence-corrected chi connectivity index (χ2v) is 5.36. The minimum atomic E-state index is 0.0302. The Balaban J connectivity index is 1.69. The Kier molecular flexibility index (Phi) is 3.97. The van der Waals surface area contributed by atoms with Crippen molar-refractivity contribution in [1.82, 2.24) is 14.5 Å². The van der Waals surface area contributed by atoms with E-state index in [1.54, 1.807) is 0 Å². The SMILES string of the molecule is CCc1ccc(CC(N)Cn2cnc3ccccc32)nc1. The molecule has 2 N–H and O–H groups in total. The number of nitrogens with two attached hydrogens (primary N) is 1. The van der Waals surface area contributed by atoms with Gasteiger partial charge < -0.3 is 10.3 Å². The van der Waals surface area contributed by atoms with E-state index in [9.17, 15) is 0 Å². The van der Waals surface area contributed by atoms with Gasteiger partial charge in [-0.25, -0.2) is 4.98 Å². The molecule has 0 aliphatic carbocycles. The Morgan fingerprint density at radius 1 is 1.14 bits per heavy atom. The fourth-order valence-corrected chi connectivity index (χ4v) is 2.53. The quantitative estimate of drug-likeness (QED) is 0.781. The van der Waals surface area contributed by atoms with E-state index in [1.807, 2.05) is 30.7 Å². The van der Waals surface area contributed by atoms with Crippen molar-refractivity contribution in [2.24, 2.45) is 5.73 Å². The molecule has 0 aliphatic rings. The van der Waals surface area contributed by atoms with Crippen LogP contribution in [0.3, 0.4) is 0 Å². The van der Waals surface area contributed by atoms with Crippen molar-refractivity contribution in [3.63, 3.8) is 0 Å². The number of imidazole rings is 1. The number of pyridine rings is 1. The minimum absolute atomic E-state index is 0.0302. The van der Waals surface area contributed by atoms with E-state index >= 15 is 0 Å². The average molecular weight is 280 g/mol. The van der Waals surface area contributed by atoms with E-state index in [2.05, 4.69) is 39.7 Å². The summed E-state index contributed by atoms with van der Waals surface area (Å²) >= 11 is 0. The highest BCUT2D eigenvalue weighted by molar-refractivity contribution is 5.74. The molecular formula is C17H20N4. The second-order valence-electron chi connectivity index (χ2n) is 5.36. The molecule has 0 amide bonds. The molecule has 1 atom stereocenters. The highest BCUT2D eigenvalue weighted by Gasteiger charge is 2.09. The minimum Gasteiger partial charge on any atom is -0.329 e. The molecular weight excluding hydrogens is 260 g/mol. The number of rotatable bonds is 5. The topological polar surface area (TPSA) is 56.7 Å². The predicted octanol–water partition coefficient (Wildman–Crippen LogP) is 2.56. The van der Waals surface area contributed by atoms with Crippen LogP contribution >= 0.6 is 0 Å². The highest BCUT2D eigenvalue weighted by Crippen LogP contribution is 2.13. The summed E-state index contributed by atoms with van der Waals surface area (Å²) < 4.78 is 2.11. The summed E-state index contributed by atoms with van der Waals surface area (Å²) in [5.41, 5.74) is 10.7. The Labute approximate surface area is 124 Å². The summed E-state index contributed by atoms with van der Waals surface area (Å²) in [5, 5.41) is 0. The number of nitrogens with zero attached hydrogens (tertiary/aromatic N) is 3. The van der Waals surface area contributed by atoms with Gasteiger partial charge in [-0.3, -0.25) is 4.98 Å². The third kappa shape index (κ3) is 3.11. The third-order valence-electron chi connectivity index (χ3n) is 3.72. The lowest BCUT2D eigenvalue weighted by atomic mass is 10.1. The number of hydrogen-bond donors (Lipinski definition) is 1. The number of aryl methyl sites for hydroxylation is 1. The number of benzene rings is 1. The van der Waals surface area contributed by atoms with Gasteiger partial charge >= 0.3 is 0 Å². The van der Waals surface area contributed by atoms with Gasteiger partial charge in [0.1, 0.15) is 0 Å². The number of para-hydroxylation sites is 2. The van der Waals surface area contributed by atoms with E-state index in [-0.39, 0.29) is 6.04 Å². The smallest absolute Gasteiger partial charge is 0.0958 e. The zero-order valence-electron chi connectivity index (χ0n) is 12.2. The average Bonchev–Trinajstić information content (AvgIpc) is 2.91. The molecule has 0 saturated carbocycles. The lowest BCUT2D eigenvalue weighted by Gasteiger charge is -2.13. The number of aromatic nitrogens is 3. The first-order valence-corrected chi connectivity index (χ1v) is 7.35. The normalized spacial score (nSPS) is 12.7. The molecule has 1 aromatic carbocycles. The van der Waals surface area contributed by atoms with Crippen LogP contribution in [0.25, 0.3) is 11.0 Å². The predicted molar refractivity (Wildman–Crippen MR) is 85.0 cm³/mol. The number of fused-ring (bicyclic) bond motifs is 1. The fraction of sp³-hybridized carbons (Fsp3) is 0.294. The van der Waals surface area contributed by atoms with Gasteiger partial charge in [-0.1, -0.05) is 25.1 Å². The Hall–Kier alpha value is -2.20. The molecule has 21 heavy (non-hydrogen) atoms. The van der Waals surface area contributed by atoms with Crippen LogP contribution in [0, 0.1) is 0 Å². The molecule has 3 aromatic rings. The van der Waals surface area contributed by atoms with E-state index in [0.717, 1.165) is 36.1 Å². The van der Waals surface area contributed by atoms with Gasteiger partial charge in [0.15, 0.2) is 0 Å². The zero-order chi connectivity index (χ0) is 14.7. The van der Waals surface area contributed by atoms with E-state index in [4.69, 9.17) is 5.73 Å².